The number of piperidine rings is 3. The summed E-state index contributed by atoms with van der Waals surface area (Å²) in [5.41, 5.74) is 4.85. The highest BCUT2D eigenvalue weighted by Crippen LogP contribution is 2.28. The summed E-state index contributed by atoms with van der Waals surface area (Å²) >= 11 is 0. The summed E-state index contributed by atoms with van der Waals surface area (Å²) in [6, 6.07) is 27.7. The van der Waals surface area contributed by atoms with E-state index < -0.39 is 0 Å². The van der Waals surface area contributed by atoms with E-state index in [0.29, 0.717) is 12.3 Å². The zero-order chi connectivity index (χ0) is 29.4. The normalized spacial score (nSPS) is 19.9. The van der Waals surface area contributed by atoms with Crippen LogP contribution in [0.15, 0.2) is 78.9 Å². The van der Waals surface area contributed by atoms with E-state index in [1.165, 1.54) is 36.2 Å². The number of nitrogens with zero attached hydrogens (tertiary/aromatic N) is 3. The summed E-state index contributed by atoms with van der Waals surface area (Å²) in [5.74, 6) is 2.38. The van der Waals surface area contributed by atoms with Gasteiger partial charge in [0.2, 0.25) is 0 Å². The molecule has 5 heteroatoms. The Hall–Kier alpha value is -3.15. The number of hydrogen-bond acceptors (Lipinski definition) is 5. The maximum Gasteiger partial charge on any atom is 0.163 e. The van der Waals surface area contributed by atoms with Gasteiger partial charge in [0.25, 0.3) is 0 Å². The SMILES string of the molecule is Cc1ccc(CN2CCC(CC(=O)c3cccc(OC4CCN(CC5CCN(c6ccccc6)CC5)CC4)c3)CC2)cc1. The Balaban J connectivity index is 0.900. The standard InChI is InChI=1S/C38H49N3O2/c1-30-10-12-32(13-11-30)28-39-20-14-31(15-21-39)26-38(42)34-6-5-9-37(27-34)43-36-18-22-40(23-19-36)29-33-16-24-41(25-17-33)35-7-3-2-4-8-35/h2-13,27,31,33,36H,14-26,28-29H2,1H3. The van der Waals surface area contributed by atoms with E-state index in [-0.39, 0.29) is 11.9 Å². The highest BCUT2D eigenvalue weighted by atomic mass is 16.5. The Labute approximate surface area is 258 Å². The van der Waals surface area contributed by atoms with E-state index in [1.807, 2.05) is 24.3 Å². The van der Waals surface area contributed by atoms with Crippen LogP contribution in [-0.2, 0) is 6.54 Å². The summed E-state index contributed by atoms with van der Waals surface area (Å²) in [4.78, 5) is 20.9. The molecule has 0 atom stereocenters. The molecule has 0 aliphatic carbocycles. The van der Waals surface area contributed by atoms with Crippen LogP contribution in [0.2, 0.25) is 0 Å². The van der Waals surface area contributed by atoms with Crippen molar-refractivity contribution >= 4 is 11.5 Å². The second-order valence-corrected chi connectivity index (χ2v) is 13.2. The van der Waals surface area contributed by atoms with Crippen LogP contribution in [0.25, 0.3) is 0 Å². The molecule has 0 spiro atoms. The van der Waals surface area contributed by atoms with Gasteiger partial charge < -0.3 is 14.5 Å². The molecular weight excluding hydrogens is 530 g/mol. The Kier molecular flexibility index (Phi) is 10.1. The Morgan fingerprint density at radius 1 is 0.721 bits per heavy atom. The van der Waals surface area contributed by atoms with Crippen molar-refractivity contribution in [2.24, 2.45) is 11.8 Å². The molecule has 3 saturated heterocycles. The van der Waals surface area contributed by atoms with Gasteiger partial charge in [0.05, 0.1) is 0 Å². The molecule has 3 aromatic rings. The molecule has 0 aromatic heterocycles. The molecule has 0 N–H and O–H groups in total. The predicted octanol–water partition coefficient (Wildman–Crippen LogP) is 7.24. The number of para-hydroxylation sites is 1. The molecule has 3 aliphatic rings. The summed E-state index contributed by atoms with van der Waals surface area (Å²) in [5, 5.41) is 0. The van der Waals surface area contributed by atoms with E-state index in [2.05, 4.69) is 76.2 Å². The fourth-order valence-electron chi connectivity index (χ4n) is 7.20. The van der Waals surface area contributed by atoms with Crippen molar-refractivity contribution in [3.63, 3.8) is 0 Å². The Morgan fingerprint density at radius 2 is 1.40 bits per heavy atom. The van der Waals surface area contributed by atoms with Crippen molar-refractivity contribution in [3.8, 4) is 5.75 Å². The number of likely N-dealkylation sites (tertiary alicyclic amines) is 2. The minimum Gasteiger partial charge on any atom is -0.490 e. The molecule has 5 nitrogen and oxygen atoms in total. The van der Waals surface area contributed by atoms with Crippen molar-refractivity contribution in [1.82, 2.24) is 9.80 Å². The first-order valence-electron chi connectivity index (χ1n) is 16.7. The van der Waals surface area contributed by atoms with Gasteiger partial charge in [0.15, 0.2) is 5.78 Å². The van der Waals surface area contributed by atoms with E-state index in [4.69, 9.17) is 4.74 Å². The van der Waals surface area contributed by atoms with Gasteiger partial charge in [-0.2, -0.15) is 0 Å². The number of ether oxygens (including phenoxy) is 1. The number of rotatable bonds is 10. The maximum absolute atomic E-state index is 13.2. The lowest BCUT2D eigenvalue weighted by atomic mass is 9.89. The van der Waals surface area contributed by atoms with Gasteiger partial charge in [0.1, 0.15) is 11.9 Å². The lowest BCUT2D eigenvalue weighted by Crippen LogP contribution is -2.43. The van der Waals surface area contributed by atoms with Crippen LogP contribution in [0.4, 0.5) is 5.69 Å². The third-order valence-corrected chi connectivity index (χ3v) is 9.95. The van der Waals surface area contributed by atoms with Crippen LogP contribution in [-0.4, -0.2) is 67.5 Å². The van der Waals surface area contributed by atoms with Crippen molar-refractivity contribution in [1.29, 1.82) is 0 Å². The summed E-state index contributed by atoms with van der Waals surface area (Å²) < 4.78 is 6.42. The lowest BCUT2D eigenvalue weighted by Gasteiger charge is -2.38. The maximum atomic E-state index is 13.2. The molecule has 6 rings (SSSR count). The smallest absolute Gasteiger partial charge is 0.163 e. The largest absolute Gasteiger partial charge is 0.490 e. The summed E-state index contributed by atoms with van der Waals surface area (Å²) in [6.45, 7) is 11.0. The van der Waals surface area contributed by atoms with Crippen molar-refractivity contribution in [3.05, 3.63) is 95.6 Å². The fraction of sp³-hybridized carbons (Fsp3) is 0.500. The first kappa shape index (κ1) is 29.9. The van der Waals surface area contributed by atoms with Crippen molar-refractivity contribution in [2.75, 3.05) is 50.7 Å². The summed E-state index contributed by atoms with van der Waals surface area (Å²) in [6.07, 6.45) is 7.74. The van der Waals surface area contributed by atoms with Gasteiger partial charge in [-0.3, -0.25) is 9.69 Å². The first-order valence-corrected chi connectivity index (χ1v) is 16.7. The molecule has 0 saturated carbocycles. The van der Waals surface area contributed by atoms with Crippen LogP contribution in [0, 0.1) is 18.8 Å². The lowest BCUT2D eigenvalue weighted by molar-refractivity contribution is 0.0873. The second kappa shape index (κ2) is 14.5. The number of benzene rings is 3. The topological polar surface area (TPSA) is 36.0 Å². The molecule has 3 fully saturated rings. The fourth-order valence-corrected chi connectivity index (χ4v) is 7.20. The van der Waals surface area contributed by atoms with E-state index in [1.54, 1.807) is 0 Å². The van der Waals surface area contributed by atoms with Gasteiger partial charge in [0, 0.05) is 56.9 Å². The van der Waals surface area contributed by atoms with Crippen LogP contribution in [0.5, 0.6) is 5.75 Å². The molecule has 0 bridgehead atoms. The average molecular weight is 580 g/mol. The van der Waals surface area contributed by atoms with E-state index in [9.17, 15) is 4.79 Å². The van der Waals surface area contributed by atoms with Crippen LogP contribution in [0.3, 0.4) is 0 Å². The monoisotopic (exact) mass is 579 g/mol. The highest BCUT2D eigenvalue weighted by Gasteiger charge is 2.26. The summed E-state index contributed by atoms with van der Waals surface area (Å²) in [7, 11) is 0. The Morgan fingerprint density at radius 3 is 2.12 bits per heavy atom. The minimum atomic E-state index is 0.236. The van der Waals surface area contributed by atoms with Gasteiger partial charge >= 0.3 is 0 Å². The molecule has 3 aromatic carbocycles. The molecule has 0 amide bonds. The minimum absolute atomic E-state index is 0.236. The zero-order valence-corrected chi connectivity index (χ0v) is 26.0. The van der Waals surface area contributed by atoms with E-state index >= 15 is 0 Å². The van der Waals surface area contributed by atoms with Gasteiger partial charge in [-0.25, -0.2) is 0 Å². The zero-order valence-electron chi connectivity index (χ0n) is 26.0. The number of carbonyl (C=O) groups is 1. The highest BCUT2D eigenvalue weighted by molar-refractivity contribution is 5.96. The van der Waals surface area contributed by atoms with Gasteiger partial charge in [-0.05, 0) is 100 Å². The van der Waals surface area contributed by atoms with Crippen LogP contribution in [0.1, 0.15) is 66.4 Å². The van der Waals surface area contributed by atoms with Crippen LogP contribution >= 0.6 is 0 Å². The Bertz CT molecular complexity index is 1290. The predicted molar refractivity (Wildman–Crippen MR) is 176 cm³/mol. The molecular formula is C38H49N3O2. The van der Waals surface area contributed by atoms with Gasteiger partial charge in [-0.15, -0.1) is 0 Å². The first-order chi connectivity index (χ1) is 21.1. The third kappa shape index (κ3) is 8.49. The molecule has 0 unspecified atom stereocenters. The molecule has 3 heterocycles. The number of ketones is 1. The average Bonchev–Trinajstić information content (AvgIpc) is 3.05. The number of Topliss-reactive ketones (excluding diaryl/α,β-unsaturated/α-hetero) is 1. The molecule has 228 valence electrons. The number of anilines is 1. The van der Waals surface area contributed by atoms with E-state index in [0.717, 1.165) is 88.7 Å². The van der Waals surface area contributed by atoms with Gasteiger partial charge in [-0.1, -0.05) is 60.2 Å². The number of hydrogen-bond donors (Lipinski definition) is 0. The quantitative estimate of drug-likeness (QED) is 0.237. The van der Waals surface area contributed by atoms with Crippen LogP contribution < -0.4 is 9.64 Å². The molecule has 43 heavy (non-hydrogen) atoms. The molecule has 3 aliphatic heterocycles. The van der Waals surface area contributed by atoms with Crippen molar-refractivity contribution in [2.45, 2.75) is 64.5 Å². The number of aryl methyl sites for hydroxylation is 1. The van der Waals surface area contributed by atoms with Crippen molar-refractivity contribution < 1.29 is 9.53 Å². The molecule has 0 radical (unpaired) electrons. The third-order valence-electron chi connectivity index (χ3n) is 9.95. The second-order valence-electron chi connectivity index (χ2n) is 13.2. The number of carbonyl (C=O) groups excluding carboxylic acids is 1.